The van der Waals surface area contributed by atoms with Crippen molar-refractivity contribution in [3.63, 3.8) is 0 Å². The molecule has 0 radical (unpaired) electrons. The van der Waals surface area contributed by atoms with Crippen LogP contribution >= 0.6 is 0 Å². The first-order valence-corrected chi connectivity index (χ1v) is 10.9. The Kier molecular flexibility index (Phi) is 8.13. The van der Waals surface area contributed by atoms with Crippen molar-refractivity contribution in [3.05, 3.63) is 48.0 Å². The van der Waals surface area contributed by atoms with E-state index in [1.807, 2.05) is 6.07 Å². The molecule has 0 atom stereocenters. The molecule has 0 aliphatic heterocycles. The second-order valence-corrected chi connectivity index (χ2v) is 8.05. The fourth-order valence-electron chi connectivity index (χ4n) is 2.99. The molecular weight excluding hydrogens is 364 g/mol. The Bertz CT molecular complexity index is 830. The summed E-state index contributed by atoms with van der Waals surface area (Å²) in [6.07, 6.45) is 9.06. The number of hydrogen-bond acceptors (Lipinski definition) is 4. The molecule has 2 aromatic rings. The minimum Gasteiger partial charge on any atom is -0.504 e. The number of unbranched alkanes of at least 4 members (excludes halogenated alkanes) is 6. The van der Waals surface area contributed by atoms with Crippen molar-refractivity contribution in [2.45, 2.75) is 63.2 Å². The minimum atomic E-state index is -4.41. The molecule has 2 aromatic carbocycles. The van der Waals surface area contributed by atoms with Crippen LogP contribution in [0.4, 0.5) is 0 Å². The fourth-order valence-corrected chi connectivity index (χ4v) is 3.60. The van der Waals surface area contributed by atoms with E-state index in [1.54, 1.807) is 18.2 Å². The maximum absolute atomic E-state index is 11.5. The molecule has 0 aliphatic carbocycles. The van der Waals surface area contributed by atoms with E-state index >= 15 is 0 Å². The zero-order valence-electron chi connectivity index (χ0n) is 15.7. The average Bonchev–Trinajstić information content (AvgIpc) is 2.63. The van der Waals surface area contributed by atoms with Gasteiger partial charge < -0.3 is 9.84 Å². The van der Waals surface area contributed by atoms with Crippen molar-refractivity contribution >= 4 is 10.1 Å². The van der Waals surface area contributed by atoms with Crippen LogP contribution in [0.2, 0.25) is 0 Å². The lowest BCUT2D eigenvalue weighted by Gasteiger charge is -2.13. The number of hydrogen-bond donors (Lipinski definition) is 2. The molecule has 0 spiro atoms. The Balaban J connectivity index is 2.01. The summed E-state index contributed by atoms with van der Waals surface area (Å²) in [6, 6.07) is 11.0. The molecular formula is C21H28O5S. The summed E-state index contributed by atoms with van der Waals surface area (Å²) in [6.45, 7) is 2.20. The lowest BCUT2D eigenvalue weighted by atomic mass is 10.0. The summed E-state index contributed by atoms with van der Waals surface area (Å²) in [5.74, 6) is 0.156. The van der Waals surface area contributed by atoms with Gasteiger partial charge in [0, 0.05) is 0 Å². The third-order valence-electron chi connectivity index (χ3n) is 4.48. The van der Waals surface area contributed by atoms with Gasteiger partial charge in [0.2, 0.25) is 0 Å². The largest absolute Gasteiger partial charge is 0.504 e. The van der Waals surface area contributed by atoms with Crippen LogP contribution in [0.25, 0.3) is 0 Å². The standard InChI is InChI=1S/C21H28O5S/c1-2-3-4-5-6-7-8-12-17-13-11-15-19(21(17)22)26-18-14-9-10-16-20(18)27(23,24)25/h9-11,13-16,22H,2-8,12H2,1H3,(H,23,24,25). The normalized spacial score (nSPS) is 11.5. The summed E-state index contributed by atoms with van der Waals surface area (Å²) in [5, 5.41) is 10.5. The quantitative estimate of drug-likeness (QED) is 0.377. The number of ether oxygens (including phenoxy) is 1. The van der Waals surface area contributed by atoms with Gasteiger partial charge in [-0.2, -0.15) is 8.42 Å². The van der Waals surface area contributed by atoms with Crippen LogP contribution in [0.1, 0.15) is 57.4 Å². The van der Waals surface area contributed by atoms with Crippen molar-refractivity contribution < 1.29 is 22.8 Å². The molecule has 0 bridgehead atoms. The predicted octanol–water partition coefficient (Wildman–Crippen LogP) is 5.72. The van der Waals surface area contributed by atoms with Crippen LogP contribution in [0.15, 0.2) is 47.4 Å². The van der Waals surface area contributed by atoms with E-state index in [-0.39, 0.29) is 22.1 Å². The molecule has 2 rings (SSSR count). The number of phenolic OH excluding ortho intramolecular Hbond substituents is 1. The van der Waals surface area contributed by atoms with Crippen LogP contribution < -0.4 is 4.74 Å². The van der Waals surface area contributed by atoms with Gasteiger partial charge in [-0.3, -0.25) is 4.55 Å². The molecule has 2 N–H and O–H groups in total. The molecule has 0 fully saturated rings. The monoisotopic (exact) mass is 392 g/mol. The molecule has 0 aliphatic rings. The molecule has 5 nitrogen and oxygen atoms in total. The van der Waals surface area contributed by atoms with Gasteiger partial charge in [0.1, 0.15) is 10.6 Å². The summed E-state index contributed by atoms with van der Waals surface area (Å²) < 4.78 is 37.9. The lowest BCUT2D eigenvalue weighted by Crippen LogP contribution is -2.01. The summed E-state index contributed by atoms with van der Waals surface area (Å²) in [4.78, 5) is -0.332. The smallest absolute Gasteiger partial charge is 0.298 e. The number of aromatic hydroxyl groups is 1. The lowest BCUT2D eigenvalue weighted by molar-refractivity contribution is 0.397. The van der Waals surface area contributed by atoms with Crippen LogP contribution in [0.3, 0.4) is 0 Å². The molecule has 0 heterocycles. The first kappa shape index (κ1) is 21.3. The molecule has 6 heteroatoms. The SMILES string of the molecule is CCCCCCCCCc1cccc(Oc2ccccc2S(=O)(=O)O)c1O. The molecule has 0 amide bonds. The Morgan fingerprint density at radius 3 is 2.19 bits per heavy atom. The average molecular weight is 393 g/mol. The first-order valence-electron chi connectivity index (χ1n) is 9.48. The van der Waals surface area contributed by atoms with Gasteiger partial charge in [0.15, 0.2) is 11.5 Å². The van der Waals surface area contributed by atoms with E-state index in [0.717, 1.165) is 24.8 Å². The predicted molar refractivity (Wildman–Crippen MR) is 106 cm³/mol. The number of rotatable bonds is 11. The molecule has 148 valence electrons. The maximum atomic E-state index is 11.5. The minimum absolute atomic E-state index is 0.00799. The van der Waals surface area contributed by atoms with Gasteiger partial charge in [-0.05, 0) is 36.6 Å². The van der Waals surface area contributed by atoms with Crippen molar-refractivity contribution in [1.29, 1.82) is 0 Å². The second-order valence-electron chi connectivity index (χ2n) is 6.66. The Labute approximate surface area is 161 Å². The number of benzene rings is 2. The van der Waals surface area contributed by atoms with E-state index < -0.39 is 10.1 Å². The summed E-state index contributed by atoms with van der Waals surface area (Å²) in [7, 11) is -4.41. The highest BCUT2D eigenvalue weighted by atomic mass is 32.2. The Morgan fingerprint density at radius 2 is 1.48 bits per heavy atom. The van der Waals surface area contributed by atoms with E-state index in [2.05, 4.69) is 6.92 Å². The summed E-state index contributed by atoms with van der Waals surface area (Å²) in [5.41, 5.74) is 0.769. The van der Waals surface area contributed by atoms with Gasteiger partial charge in [-0.25, -0.2) is 0 Å². The third-order valence-corrected chi connectivity index (χ3v) is 5.37. The van der Waals surface area contributed by atoms with Gasteiger partial charge in [-0.1, -0.05) is 69.7 Å². The van der Waals surface area contributed by atoms with Gasteiger partial charge in [0.25, 0.3) is 10.1 Å². The van der Waals surface area contributed by atoms with Gasteiger partial charge in [-0.15, -0.1) is 0 Å². The summed E-state index contributed by atoms with van der Waals surface area (Å²) >= 11 is 0. The molecule has 27 heavy (non-hydrogen) atoms. The van der Waals surface area contributed by atoms with Crippen molar-refractivity contribution in [2.75, 3.05) is 0 Å². The number of para-hydroxylation sites is 2. The zero-order chi connectivity index (χ0) is 19.7. The van der Waals surface area contributed by atoms with Crippen LogP contribution in [0, 0.1) is 0 Å². The molecule has 0 saturated carbocycles. The van der Waals surface area contributed by atoms with Gasteiger partial charge in [0.05, 0.1) is 0 Å². The molecule has 0 aromatic heterocycles. The Morgan fingerprint density at radius 1 is 0.852 bits per heavy atom. The Hall–Kier alpha value is -2.05. The number of phenols is 1. The zero-order valence-corrected chi connectivity index (χ0v) is 16.5. The number of aryl methyl sites for hydroxylation is 1. The molecule has 0 unspecified atom stereocenters. The molecule has 0 saturated heterocycles. The highest BCUT2D eigenvalue weighted by Gasteiger charge is 2.18. The van der Waals surface area contributed by atoms with Crippen LogP contribution in [0.5, 0.6) is 17.2 Å². The van der Waals surface area contributed by atoms with Crippen molar-refractivity contribution in [3.8, 4) is 17.2 Å². The van der Waals surface area contributed by atoms with E-state index in [1.165, 1.54) is 50.3 Å². The van der Waals surface area contributed by atoms with Gasteiger partial charge >= 0.3 is 0 Å². The highest BCUT2D eigenvalue weighted by Crippen LogP contribution is 2.36. The van der Waals surface area contributed by atoms with Crippen LogP contribution in [-0.2, 0) is 16.5 Å². The maximum Gasteiger partial charge on any atom is 0.298 e. The van der Waals surface area contributed by atoms with E-state index in [0.29, 0.717) is 0 Å². The third kappa shape index (κ3) is 6.56. The van der Waals surface area contributed by atoms with Crippen LogP contribution in [-0.4, -0.2) is 18.1 Å². The fraction of sp³-hybridized carbons (Fsp3) is 0.429. The topological polar surface area (TPSA) is 83.8 Å². The van der Waals surface area contributed by atoms with E-state index in [9.17, 15) is 18.1 Å². The van der Waals surface area contributed by atoms with E-state index in [4.69, 9.17) is 4.74 Å². The van der Waals surface area contributed by atoms with Crippen molar-refractivity contribution in [2.24, 2.45) is 0 Å². The highest BCUT2D eigenvalue weighted by molar-refractivity contribution is 7.86. The van der Waals surface area contributed by atoms with Crippen molar-refractivity contribution in [1.82, 2.24) is 0 Å². The first-order chi connectivity index (χ1) is 12.9. The second kappa shape index (κ2) is 10.3.